The quantitative estimate of drug-likeness (QED) is 0.884. The smallest absolute Gasteiger partial charge is 0.140 e. The Morgan fingerprint density at radius 1 is 1.33 bits per heavy atom. The minimum absolute atomic E-state index is 0.571. The molecule has 5 nitrogen and oxygen atoms in total. The molecule has 0 aliphatic rings. The van der Waals surface area contributed by atoms with Crippen molar-refractivity contribution >= 4 is 15.9 Å². The molecule has 1 N–H and O–H groups in total. The molecule has 0 saturated heterocycles. The molecular formula is C12H15BrN4O. The Labute approximate surface area is 114 Å². The maximum absolute atomic E-state index is 5.64. The predicted octanol–water partition coefficient (Wildman–Crippen LogP) is 1.84. The van der Waals surface area contributed by atoms with Crippen LogP contribution in [0.4, 0.5) is 0 Å². The van der Waals surface area contributed by atoms with Crippen LogP contribution in [-0.4, -0.2) is 28.4 Å². The lowest BCUT2D eigenvalue weighted by Crippen LogP contribution is -2.16. The van der Waals surface area contributed by atoms with Crippen molar-refractivity contribution < 1.29 is 4.74 Å². The van der Waals surface area contributed by atoms with Crippen molar-refractivity contribution in [3.8, 4) is 5.75 Å². The van der Waals surface area contributed by atoms with Gasteiger partial charge in [0.1, 0.15) is 24.5 Å². The van der Waals surface area contributed by atoms with Gasteiger partial charge in [0, 0.05) is 4.47 Å². The van der Waals surface area contributed by atoms with Gasteiger partial charge in [-0.05, 0) is 31.3 Å². The molecule has 0 amide bonds. The fourth-order valence-electron chi connectivity index (χ4n) is 1.55. The number of halogens is 1. The highest BCUT2D eigenvalue weighted by molar-refractivity contribution is 9.10. The Hall–Kier alpha value is -1.40. The Morgan fingerprint density at radius 2 is 2.11 bits per heavy atom. The number of hydrogen-bond donors (Lipinski definition) is 1. The molecule has 1 aromatic heterocycles. The zero-order chi connectivity index (χ0) is 12.8. The number of nitrogens with zero attached hydrogens (tertiary/aromatic N) is 3. The van der Waals surface area contributed by atoms with Gasteiger partial charge in [0.2, 0.25) is 0 Å². The van der Waals surface area contributed by atoms with Crippen LogP contribution < -0.4 is 10.1 Å². The van der Waals surface area contributed by atoms with Gasteiger partial charge in [-0.15, -0.1) is 0 Å². The van der Waals surface area contributed by atoms with E-state index >= 15 is 0 Å². The van der Waals surface area contributed by atoms with Crippen molar-refractivity contribution in [1.82, 2.24) is 20.1 Å². The summed E-state index contributed by atoms with van der Waals surface area (Å²) >= 11 is 3.39. The summed E-state index contributed by atoms with van der Waals surface area (Å²) in [5.74, 6) is 1.77. The Kier molecular flexibility index (Phi) is 4.72. The first-order valence-corrected chi connectivity index (χ1v) is 6.48. The highest BCUT2D eigenvalue weighted by Crippen LogP contribution is 2.15. The Bertz CT molecular complexity index is 483. The standard InChI is InChI=1S/C12H15BrN4O/c1-14-8-12-15-9-16-17(12)6-7-18-11-4-2-10(13)3-5-11/h2-5,9,14H,6-8H2,1H3. The van der Waals surface area contributed by atoms with Crippen LogP contribution in [0.2, 0.25) is 0 Å². The second-order valence-electron chi connectivity index (χ2n) is 3.73. The van der Waals surface area contributed by atoms with Crippen LogP contribution in [0.3, 0.4) is 0 Å². The Morgan fingerprint density at radius 3 is 2.83 bits per heavy atom. The molecular weight excluding hydrogens is 296 g/mol. The molecule has 0 atom stereocenters. The van der Waals surface area contributed by atoms with E-state index < -0.39 is 0 Å². The van der Waals surface area contributed by atoms with E-state index in [0.717, 1.165) is 16.0 Å². The molecule has 96 valence electrons. The summed E-state index contributed by atoms with van der Waals surface area (Å²) < 4.78 is 8.52. The lowest BCUT2D eigenvalue weighted by molar-refractivity contribution is 0.288. The van der Waals surface area contributed by atoms with Crippen LogP contribution in [0.15, 0.2) is 35.1 Å². The first-order valence-electron chi connectivity index (χ1n) is 5.69. The van der Waals surface area contributed by atoms with Gasteiger partial charge in [-0.1, -0.05) is 15.9 Å². The van der Waals surface area contributed by atoms with E-state index in [-0.39, 0.29) is 0 Å². The third-order valence-electron chi connectivity index (χ3n) is 2.42. The summed E-state index contributed by atoms with van der Waals surface area (Å²) in [5, 5.41) is 7.21. The number of nitrogens with one attached hydrogen (secondary N) is 1. The average Bonchev–Trinajstić information content (AvgIpc) is 2.80. The summed E-state index contributed by atoms with van der Waals surface area (Å²) in [6, 6.07) is 7.77. The minimum atomic E-state index is 0.571. The highest BCUT2D eigenvalue weighted by Gasteiger charge is 2.02. The number of rotatable bonds is 6. The molecule has 6 heteroatoms. The van der Waals surface area contributed by atoms with Crippen LogP contribution in [-0.2, 0) is 13.1 Å². The van der Waals surface area contributed by atoms with Crippen LogP contribution >= 0.6 is 15.9 Å². The minimum Gasteiger partial charge on any atom is -0.492 e. The molecule has 0 aliphatic carbocycles. The maximum atomic E-state index is 5.64. The van der Waals surface area contributed by atoms with Crippen LogP contribution in [0, 0.1) is 0 Å². The summed E-state index contributed by atoms with van der Waals surface area (Å²) in [7, 11) is 1.89. The lowest BCUT2D eigenvalue weighted by Gasteiger charge is -2.08. The summed E-state index contributed by atoms with van der Waals surface area (Å²) in [6.07, 6.45) is 1.56. The molecule has 18 heavy (non-hydrogen) atoms. The van der Waals surface area contributed by atoms with Gasteiger partial charge in [0.15, 0.2) is 0 Å². The number of ether oxygens (including phenoxy) is 1. The topological polar surface area (TPSA) is 52.0 Å². The molecule has 0 unspecified atom stereocenters. The molecule has 1 aromatic carbocycles. The van der Waals surface area contributed by atoms with Crippen molar-refractivity contribution in [3.63, 3.8) is 0 Å². The number of hydrogen-bond acceptors (Lipinski definition) is 4. The monoisotopic (exact) mass is 310 g/mol. The second kappa shape index (κ2) is 6.51. The van der Waals surface area contributed by atoms with E-state index in [1.807, 2.05) is 36.0 Å². The van der Waals surface area contributed by atoms with Gasteiger partial charge in [-0.25, -0.2) is 9.67 Å². The van der Waals surface area contributed by atoms with E-state index in [9.17, 15) is 0 Å². The van der Waals surface area contributed by atoms with Crippen molar-refractivity contribution in [1.29, 1.82) is 0 Å². The van der Waals surface area contributed by atoms with E-state index in [1.54, 1.807) is 6.33 Å². The maximum Gasteiger partial charge on any atom is 0.140 e. The van der Waals surface area contributed by atoms with E-state index in [0.29, 0.717) is 19.7 Å². The van der Waals surface area contributed by atoms with Gasteiger partial charge in [0.05, 0.1) is 13.1 Å². The van der Waals surface area contributed by atoms with Crippen LogP contribution in [0.5, 0.6) is 5.75 Å². The molecule has 0 aliphatic heterocycles. The first kappa shape index (κ1) is 13.0. The second-order valence-corrected chi connectivity index (χ2v) is 4.65. The molecule has 0 bridgehead atoms. The van der Waals surface area contributed by atoms with Gasteiger partial charge >= 0.3 is 0 Å². The predicted molar refractivity (Wildman–Crippen MR) is 72.4 cm³/mol. The van der Waals surface area contributed by atoms with E-state index in [4.69, 9.17) is 4.74 Å². The van der Waals surface area contributed by atoms with Crippen molar-refractivity contribution in [2.75, 3.05) is 13.7 Å². The molecule has 2 rings (SSSR count). The number of aromatic nitrogens is 3. The lowest BCUT2D eigenvalue weighted by atomic mass is 10.3. The molecule has 0 fully saturated rings. The summed E-state index contributed by atoms with van der Waals surface area (Å²) in [4.78, 5) is 4.17. The first-order chi connectivity index (χ1) is 8.79. The fraction of sp³-hybridized carbons (Fsp3) is 0.333. The summed E-state index contributed by atoms with van der Waals surface area (Å²) in [6.45, 7) is 1.97. The van der Waals surface area contributed by atoms with Gasteiger partial charge in [0.25, 0.3) is 0 Å². The van der Waals surface area contributed by atoms with Crippen LogP contribution in [0.1, 0.15) is 5.82 Å². The third kappa shape index (κ3) is 3.54. The molecule has 1 heterocycles. The summed E-state index contributed by atoms with van der Waals surface area (Å²) in [5.41, 5.74) is 0. The van der Waals surface area contributed by atoms with E-state index in [1.165, 1.54) is 0 Å². The van der Waals surface area contributed by atoms with Gasteiger partial charge in [-0.3, -0.25) is 0 Å². The van der Waals surface area contributed by atoms with Crippen molar-refractivity contribution in [2.24, 2.45) is 0 Å². The SMILES string of the molecule is CNCc1ncnn1CCOc1ccc(Br)cc1. The fourth-order valence-corrected chi connectivity index (χ4v) is 1.82. The largest absolute Gasteiger partial charge is 0.492 e. The molecule has 2 aromatic rings. The van der Waals surface area contributed by atoms with Gasteiger partial charge in [-0.2, -0.15) is 5.10 Å². The normalized spacial score (nSPS) is 10.6. The molecule has 0 radical (unpaired) electrons. The number of benzene rings is 1. The Balaban J connectivity index is 1.84. The van der Waals surface area contributed by atoms with Gasteiger partial charge < -0.3 is 10.1 Å². The average molecular weight is 311 g/mol. The molecule has 0 spiro atoms. The highest BCUT2D eigenvalue weighted by atomic mass is 79.9. The van der Waals surface area contributed by atoms with Crippen LogP contribution in [0.25, 0.3) is 0 Å². The third-order valence-corrected chi connectivity index (χ3v) is 2.94. The van der Waals surface area contributed by atoms with Crippen molar-refractivity contribution in [3.05, 3.63) is 40.9 Å². The zero-order valence-electron chi connectivity index (χ0n) is 10.1. The molecule has 0 saturated carbocycles. The van der Waals surface area contributed by atoms with E-state index in [2.05, 4.69) is 31.3 Å². The van der Waals surface area contributed by atoms with Crippen molar-refractivity contribution in [2.45, 2.75) is 13.1 Å². The zero-order valence-corrected chi connectivity index (χ0v) is 11.7.